The van der Waals surface area contributed by atoms with Gasteiger partial charge in [0.2, 0.25) is 0 Å². The lowest BCUT2D eigenvalue weighted by atomic mass is 10.5. The molecule has 0 aliphatic heterocycles. The Kier molecular flexibility index (Phi) is 2.99. The molecule has 1 aromatic rings. The fourth-order valence-corrected chi connectivity index (χ4v) is 1.19. The molecule has 0 spiro atoms. The van der Waals surface area contributed by atoms with Crippen molar-refractivity contribution >= 4 is 17.4 Å². The summed E-state index contributed by atoms with van der Waals surface area (Å²) < 4.78 is 0. The van der Waals surface area contributed by atoms with Crippen LogP contribution in [0.5, 0.6) is 0 Å². The molecular weight excluding hydrogens is 146 g/mol. The zero-order chi connectivity index (χ0) is 7.23. The van der Waals surface area contributed by atoms with E-state index in [0.717, 1.165) is 0 Å². The molecule has 0 saturated heterocycles. The molecule has 0 radical (unpaired) electrons. The van der Waals surface area contributed by atoms with Gasteiger partial charge in [0.15, 0.2) is 0 Å². The first-order valence-corrected chi connectivity index (χ1v) is 3.80. The van der Waals surface area contributed by atoms with E-state index in [1.54, 1.807) is 24.6 Å². The van der Waals surface area contributed by atoms with Crippen LogP contribution in [0.2, 0.25) is 0 Å². The Morgan fingerprint density at radius 1 is 1.70 bits per heavy atom. The molecular formula is C7H9NOS. The number of hydrogen-bond donors (Lipinski definition) is 1. The van der Waals surface area contributed by atoms with Crippen LogP contribution in [0.15, 0.2) is 23.7 Å². The van der Waals surface area contributed by atoms with Crippen LogP contribution in [0.25, 0.3) is 6.08 Å². The summed E-state index contributed by atoms with van der Waals surface area (Å²) in [6, 6.07) is 4.05. The van der Waals surface area contributed by atoms with Gasteiger partial charge in [0.05, 0.1) is 7.11 Å². The molecule has 2 nitrogen and oxygen atoms in total. The Morgan fingerprint density at radius 2 is 2.60 bits per heavy atom. The van der Waals surface area contributed by atoms with Gasteiger partial charge in [-0.25, -0.2) is 0 Å². The van der Waals surface area contributed by atoms with Crippen LogP contribution in [0.3, 0.4) is 0 Å². The highest BCUT2D eigenvalue weighted by Crippen LogP contribution is 2.09. The summed E-state index contributed by atoms with van der Waals surface area (Å²) in [4.78, 5) is 5.82. The molecule has 0 atom stereocenters. The maximum atomic E-state index is 4.61. The zero-order valence-electron chi connectivity index (χ0n) is 5.70. The van der Waals surface area contributed by atoms with Gasteiger partial charge < -0.3 is 0 Å². The third-order valence-corrected chi connectivity index (χ3v) is 1.81. The first-order chi connectivity index (χ1) is 4.93. The topological polar surface area (TPSA) is 21.3 Å². The van der Waals surface area contributed by atoms with Crippen molar-refractivity contribution in [2.75, 3.05) is 7.11 Å². The second-order valence-electron chi connectivity index (χ2n) is 1.67. The average Bonchev–Trinajstić information content (AvgIpc) is 2.41. The average molecular weight is 155 g/mol. The van der Waals surface area contributed by atoms with Crippen molar-refractivity contribution in [3.05, 3.63) is 28.6 Å². The Morgan fingerprint density at radius 3 is 3.20 bits per heavy atom. The quantitative estimate of drug-likeness (QED) is 0.673. The second kappa shape index (κ2) is 4.09. The van der Waals surface area contributed by atoms with E-state index in [9.17, 15) is 0 Å². The van der Waals surface area contributed by atoms with Gasteiger partial charge in [0, 0.05) is 11.1 Å². The van der Waals surface area contributed by atoms with E-state index >= 15 is 0 Å². The minimum atomic E-state index is 1.21. The van der Waals surface area contributed by atoms with Crippen molar-refractivity contribution < 1.29 is 4.84 Å². The SMILES string of the molecule is CONC=Cc1cccs1. The highest BCUT2D eigenvalue weighted by Gasteiger charge is 1.82. The summed E-state index contributed by atoms with van der Waals surface area (Å²) in [6.45, 7) is 0. The van der Waals surface area contributed by atoms with Gasteiger partial charge in [0.1, 0.15) is 0 Å². The van der Waals surface area contributed by atoms with Gasteiger partial charge in [-0.3, -0.25) is 10.3 Å². The van der Waals surface area contributed by atoms with Crippen LogP contribution in [-0.4, -0.2) is 7.11 Å². The van der Waals surface area contributed by atoms with Crippen LogP contribution >= 0.6 is 11.3 Å². The molecule has 0 bridgehead atoms. The molecule has 0 aromatic carbocycles. The molecule has 1 aromatic heterocycles. The molecule has 0 fully saturated rings. The molecule has 0 aliphatic rings. The molecule has 0 unspecified atom stereocenters. The predicted molar refractivity (Wildman–Crippen MR) is 43.5 cm³/mol. The van der Waals surface area contributed by atoms with E-state index < -0.39 is 0 Å². The van der Waals surface area contributed by atoms with Crippen LogP contribution in [0.4, 0.5) is 0 Å². The molecule has 0 saturated carbocycles. The molecule has 54 valence electrons. The van der Waals surface area contributed by atoms with Gasteiger partial charge in [0.25, 0.3) is 0 Å². The maximum absolute atomic E-state index is 4.61. The van der Waals surface area contributed by atoms with E-state index in [0.29, 0.717) is 0 Å². The van der Waals surface area contributed by atoms with E-state index in [1.165, 1.54) is 4.88 Å². The maximum Gasteiger partial charge on any atom is 0.0636 e. The van der Waals surface area contributed by atoms with Crippen molar-refractivity contribution in [3.8, 4) is 0 Å². The lowest BCUT2D eigenvalue weighted by Gasteiger charge is -1.90. The Hall–Kier alpha value is -0.800. The van der Waals surface area contributed by atoms with Gasteiger partial charge in [-0.15, -0.1) is 11.3 Å². The van der Waals surface area contributed by atoms with Crippen molar-refractivity contribution in [1.82, 2.24) is 5.48 Å². The molecule has 0 amide bonds. The zero-order valence-corrected chi connectivity index (χ0v) is 6.52. The smallest absolute Gasteiger partial charge is 0.0636 e. The Balaban J connectivity index is 2.40. The number of thiophene rings is 1. The van der Waals surface area contributed by atoms with Crippen molar-refractivity contribution in [2.45, 2.75) is 0 Å². The minimum Gasteiger partial charge on any atom is -0.280 e. The lowest BCUT2D eigenvalue weighted by Crippen LogP contribution is -1.99. The molecule has 1 N–H and O–H groups in total. The lowest BCUT2D eigenvalue weighted by molar-refractivity contribution is 0.129. The van der Waals surface area contributed by atoms with Gasteiger partial charge in [-0.05, 0) is 17.5 Å². The molecule has 1 heterocycles. The normalized spacial score (nSPS) is 10.5. The largest absolute Gasteiger partial charge is 0.280 e. The summed E-state index contributed by atoms with van der Waals surface area (Å²) in [6.07, 6.45) is 3.71. The van der Waals surface area contributed by atoms with Crippen LogP contribution in [0.1, 0.15) is 4.88 Å². The first-order valence-electron chi connectivity index (χ1n) is 2.92. The molecule has 10 heavy (non-hydrogen) atoms. The molecule has 1 rings (SSSR count). The Labute approximate surface area is 64.1 Å². The van der Waals surface area contributed by atoms with E-state index in [1.807, 2.05) is 23.6 Å². The highest BCUT2D eigenvalue weighted by atomic mass is 32.1. The number of hydrogen-bond acceptors (Lipinski definition) is 3. The third kappa shape index (κ3) is 2.21. The van der Waals surface area contributed by atoms with E-state index in [2.05, 4.69) is 10.3 Å². The summed E-state index contributed by atoms with van der Waals surface area (Å²) in [7, 11) is 1.58. The molecule has 3 heteroatoms. The monoisotopic (exact) mass is 155 g/mol. The third-order valence-electron chi connectivity index (χ3n) is 0.977. The number of hydroxylamine groups is 1. The summed E-state index contributed by atoms with van der Waals surface area (Å²) in [5.74, 6) is 0. The fourth-order valence-electron chi connectivity index (χ4n) is 0.570. The standard InChI is InChI=1S/C7H9NOS/c1-9-8-5-4-7-3-2-6-10-7/h2-6,8H,1H3. The van der Waals surface area contributed by atoms with Crippen molar-refractivity contribution in [3.63, 3.8) is 0 Å². The van der Waals surface area contributed by atoms with E-state index in [-0.39, 0.29) is 0 Å². The van der Waals surface area contributed by atoms with Crippen molar-refractivity contribution in [2.24, 2.45) is 0 Å². The fraction of sp³-hybridized carbons (Fsp3) is 0.143. The summed E-state index contributed by atoms with van der Waals surface area (Å²) in [5.41, 5.74) is 2.61. The number of rotatable bonds is 3. The van der Waals surface area contributed by atoms with Crippen LogP contribution in [0, 0.1) is 0 Å². The first kappa shape index (κ1) is 7.31. The summed E-state index contributed by atoms with van der Waals surface area (Å²) >= 11 is 1.69. The van der Waals surface area contributed by atoms with Crippen LogP contribution in [-0.2, 0) is 4.84 Å². The van der Waals surface area contributed by atoms with Crippen molar-refractivity contribution in [1.29, 1.82) is 0 Å². The van der Waals surface area contributed by atoms with Gasteiger partial charge >= 0.3 is 0 Å². The van der Waals surface area contributed by atoms with Gasteiger partial charge in [-0.2, -0.15) is 0 Å². The van der Waals surface area contributed by atoms with E-state index in [4.69, 9.17) is 0 Å². The second-order valence-corrected chi connectivity index (χ2v) is 2.65. The van der Waals surface area contributed by atoms with Crippen LogP contribution < -0.4 is 5.48 Å². The predicted octanol–water partition coefficient (Wildman–Crippen LogP) is 1.87. The summed E-state index contributed by atoms with van der Waals surface area (Å²) in [5, 5.41) is 2.03. The van der Waals surface area contributed by atoms with Gasteiger partial charge in [-0.1, -0.05) is 6.07 Å². The molecule has 0 aliphatic carbocycles. The highest BCUT2D eigenvalue weighted by molar-refractivity contribution is 7.10. The number of nitrogens with one attached hydrogen (secondary N) is 1. The Bertz CT molecular complexity index is 193. The minimum absolute atomic E-state index is 1.21.